The van der Waals surface area contributed by atoms with Gasteiger partial charge in [-0.2, -0.15) is 0 Å². The Bertz CT molecular complexity index is 1340. The largest absolute Gasteiger partial charge is 0.477 e. The highest BCUT2D eigenvalue weighted by Gasteiger charge is 2.35. The highest BCUT2D eigenvalue weighted by Crippen LogP contribution is 2.36. The van der Waals surface area contributed by atoms with Crippen LogP contribution in [0.3, 0.4) is 0 Å². The fourth-order valence-corrected chi connectivity index (χ4v) is 5.36. The molecule has 0 radical (unpaired) electrons. The van der Waals surface area contributed by atoms with Crippen molar-refractivity contribution in [1.82, 2.24) is 10.3 Å². The lowest BCUT2D eigenvalue weighted by atomic mass is 10.1. The third kappa shape index (κ3) is 5.46. The Morgan fingerprint density at radius 3 is 2.57 bits per heavy atom. The fourth-order valence-electron chi connectivity index (χ4n) is 3.63. The number of rotatable bonds is 7. The van der Waals surface area contributed by atoms with Crippen LogP contribution in [0.4, 0.5) is 10.8 Å². The minimum absolute atomic E-state index is 0.0155. The number of benzene rings is 2. The number of hydrogen-bond acceptors (Lipinski definition) is 7. The molecule has 0 fully saturated rings. The van der Waals surface area contributed by atoms with Crippen LogP contribution in [-0.4, -0.2) is 57.7 Å². The quantitative estimate of drug-likeness (QED) is 0.519. The van der Waals surface area contributed by atoms with E-state index in [1.165, 1.54) is 11.9 Å². The summed E-state index contributed by atoms with van der Waals surface area (Å²) >= 11 is 0.995. The van der Waals surface area contributed by atoms with Crippen LogP contribution in [0.5, 0.6) is 5.75 Å². The summed E-state index contributed by atoms with van der Waals surface area (Å²) in [5.74, 6) is -0.260. The summed E-state index contributed by atoms with van der Waals surface area (Å²) in [6.45, 7) is 2.11. The average Bonchev–Trinajstić information content (AvgIpc) is 3.23. The second-order valence-electron chi connectivity index (χ2n) is 8.16. The molecular formula is C24H26N4O5S2. The standard InChI is InChI=1S/C24H26N4O5S2/c1-16-21(34-24(26-16)27(2)35(3,31)32)23(30)28-15-20(33-19-12-8-7-11-18(19)28)22(29)25-14-13-17-9-5-4-6-10-17/h4-12,20H,13-15H2,1-3H3,(H,25,29)/t20-/m0/s1. The first-order valence-corrected chi connectivity index (χ1v) is 13.6. The Hall–Kier alpha value is -3.44. The van der Waals surface area contributed by atoms with Gasteiger partial charge in [0.2, 0.25) is 10.0 Å². The number of amides is 2. The summed E-state index contributed by atoms with van der Waals surface area (Å²) in [6.07, 6.45) is 0.857. The summed E-state index contributed by atoms with van der Waals surface area (Å²) in [4.78, 5) is 32.6. The van der Waals surface area contributed by atoms with Crippen LogP contribution in [-0.2, 0) is 21.2 Å². The van der Waals surface area contributed by atoms with E-state index < -0.39 is 16.1 Å². The van der Waals surface area contributed by atoms with Gasteiger partial charge in [-0.3, -0.25) is 14.5 Å². The van der Waals surface area contributed by atoms with E-state index in [0.717, 1.165) is 27.5 Å². The highest BCUT2D eigenvalue weighted by atomic mass is 32.2. The molecule has 0 spiro atoms. The van der Waals surface area contributed by atoms with Crippen LogP contribution in [0.2, 0.25) is 0 Å². The molecule has 3 aromatic rings. The number of thiazole rings is 1. The van der Waals surface area contributed by atoms with Gasteiger partial charge in [-0.25, -0.2) is 17.7 Å². The number of nitrogens with one attached hydrogen (secondary N) is 1. The molecule has 1 atom stereocenters. The molecule has 0 aliphatic carbocycles. The summed E-state index contributed by atoms with van der Waals surface area (Å²) in [5.41, 5.74) is 2.06. The summed E-state index contributed by atoms with van der Waals surface area (Å²) in [7, 11) is -2.13. The molecule has 0 saturated carbocycles. The topological polar surface area (TPSA) is 109 Å². The predicted octanol–water partition coefficient (Wildman–Crippen LogP) is 2.61. The maximum atomic E-state index is 13.6. The van der Waals surface area contributed by atoms with Crippen molar-refractivity contribution in [2.24, 2.45) is 0 Å². The van der Waals surface area contributed by atoms with E-state index in [2.05, 4.69) is 10.3 Å². The van der Waals surface area contributed by atoms with Crippen molar-refractivity contribution in [2.75, 3.05) is 35.6 Å². The average molecular weight is 515 g/mol. The third-order valence-corrected chi connectivity index (χ3v) is 8.12. The van der Waals surface area contributed by atoms with Gasteiger partial charge in [0.1, 0.15) is 10.6 Å². The molecule has 0 unspecified atom stereocenters. The first-order valence-electron chi connectivity index (χ1n) is 11.0. The van der Waals surface area contributed by atoms with Crippen LogP contribution >= 0.6 is 11.3 Å². The lowest BCUT2D eigenvalue weighted by Gasteiger charge is -2.34. The smallest absolute Gasteiger partial charge is 0.270 e. The lowest BCUT2D eigenvalue weighted by molar-refractivity contribution is -0.127. The second-order valence-corrected chi connectivity index (χ2v) is 11.1. The number of nitrogens with zero attached hydrogens (tertiary/aromatic N) is 3. The van der Waals surface area contributed by atoms with Crippen molar-refractivity contribution in [3.63, 3.8) is 0 Å². The molecule has 2 heterocycles. The molecular weight excluding hydrogens is 488 g/mol. The van der Waals surface area contributed by atoms with Crippen molar-refractivity contribution >= 4 is 44.0 Å². The molecule has 2 amide bonds. The minimum atomic E-state index is -3.52. The predicted molar refractivity (Wildman–Crippen MR) is 136 cm³/mol. The van der Waals surface area contributed by atoms with Crippen molar-refractivity contribution in [1.29, 1.82) is 0 Å². The van der Waals surface area contributed by atoms with Gasteiger partial charge < -0.3 is 10.1 Å². The lowest BCUT2D eigenvalue weighted by Crippen LogP contribution is -2.51. The molecule has 9 nitrogen and oxygen atoms in total. The summed E-state index contributed by atoms with van der Waals surface area (Å²) < 4.78 is 30.8. The maximum absolute atomic E-state index is 13.6. The van der Waals surface area contributed by atoms with Crippen molar-refractivity contribution in [2.45, 2.75) is 19.4 Å². The molecule has 1 aliphatic rings. The van der Waals surface area contributed by atoms with E-state index in [0.29, 0.717) is 35.0 Å². The van der Waals surface area contributed by atoms with Gasteiger partial charge in [-0.15, -0.1) is 0 Å². The first kappa shape index (κ1) is 24.7. The number of sulfonamides is 1. The van der Waals surface area contributed by atoms with Crippen LogP contribution in [0.25, 0.3) is 0 Å². The zero-order valence-corrected chi connectivity index (χ0v) is 21.2. The Kier molecular flexibility index (Phi) is 7.08. The SMILES string of the molecule is Cc1nc(N(C)S(C)(=O)=O)sc1C(=O)N1C[C@@H](C(=O)NCCc2ccccc2)Oc2ccccc21. The maximum Gasteiger partial charge on any atom is 0.270 e. The first-order chi connectivity index (χ1) is 16.6. The highest BCUT2D eigenvalue weighted by molar-refractivity contribution is 7.92. The fraction of sp³-hybridized carbons (Fsp3) is 0.292. The Balaban J connectivity index is 1.54. The number of anilines is 2. The van der Waals surface area contributed by atoms with Crippen molar-refractivity contribution in [3.8, 4) is 5.75 Å². The molecule has 1 N–H and O–H groups in total. The van der Waals surface area contributed by atoms with Crippen molar-refractivity contribution < 1.29 is 22.7 Å². The van der Waals surface area contributed by atoms with Gasteiger partial charge in [0.15, 0.2) is 11.2 Å². The van der Waals surface area contributed by atoms with E-state index >= 15 is 0 Å². The van der Waals surface area contributed by atoms with Gasteiger partial charge in [-0.05, 0) is 31.0 Å². The molecule has 1 aromatic heterocycles. The van der Waals surface area contributed by atoms with E-state index in [-0.39, 0.29) is 23.5 Å². The normalized spacial score (nSPS) is 15.2. The van der Waals surface area contributed by atoms with Gasteiger partial charge in [-0.1, -0.05) is 53.8 Å². The third-order valence-electron chi connectivity index (χ3n) is 5.61. The molecule has 4 rings (SSSR count). The van der Waals surface area contributed by atoms with Gasteiger partial charge in [0.05, 0.1) is 24.2 Å². The van der Waals surface area contributed by atoms with Crippen LogP contribution in [0.15, 0.2) is 54.6 Å². The number of carbonyl (C=O) groups is 2. The summed E-state index contributed by atoms with van der Waals surface area (Å²) in [6, 6.07) is 16.8. The van der Waals surface area contributed by atoms with Gasteiger partial charge >= 0.3 is 0 Å². The Morgan fingerprint density at radius 1 is 1.17 bits per heavy atom. The number of para-hydroxylation sites is 2. The molecule has 2 aromatic carbocycles. The number of fused-ring (bicyclic) bond motifs is 1. The molecule has 35 heavy (non-hydrogen) atoms. The number of hydrogen-bond donors (Lipinski definition) is 1. The van der Waals surface area contributed by atoms with Crippen LogP contribution in [0.1, 0.15) is 20.9 Å². The van der Waals surface area contributed by atoms with Crippen LogP contribution in [0, 0.1) is 6.92 Å². The minimum Gasteiger partial charge on any atom is -0.477 e. The monoisotopic (exact) mass is 514 g/mol. The molecule has 184 valence electrons. The number of carbonyl (C=O) groups excluding carboxylic acids is 2. The van der Waals surface area contributed by atoms with E-state index in [1.807, 2.05) is 30.3 Å². The summed E-state index contributed by atoms with van der Waals surface area (Å²) in [5, 5.41) is 3.09. The van der Waals surface area contributed by atoms with E-state index in [9.17, 15) is 18.0 Å². The second kappa shape index (κ2) is 10.0. The number of aromatic nitrogens is 1. The molecule has 1 aliphatic heterocycles. The molecule has 11 heteroatoms. The Morgan fingerprint density at radius 2 is 1.86 bits per heavy atom. The van der Waals surface area contributed by atoms with E-state index in [4.69, 9.17) is 4.74 Å². The zero-order valence-electron chi connectivity index (χ0n) is 19.6. The number of ether oxygens (including phenoxy) is 1. The zero-order chi connectivity index (χ0) is 25.2. The number of aryl methyl sites for hydroxylation is 1. The Labute approximate surface area is 208 Å². The van der Waals surface area contributed by atoms with Gasteiger partial charge in [0.25, 0.3) is 11.8 Å². The van der Waals surface area contributed by atoms with Crippen molar-refractivity contribution in [3.05, 3.63) is 70.7 Å². The van der Waals surface area contributed by atoms with E-state index in [1.54, 1.807) is 31.2 Å². The van der Waals surface area contributed by atoms with Gasteiger partial charge in [0, 0.05) is 13.6 Å². The molecule has 0 saturated heterocycles. The van der Waals surface area contributed by atoms with Crippen LogP contribution < -0.4 is 19.3 Å². The molecule has 0 bridgehead atoms.